The minimum Gasteiger partial charge on any atom is -0.323 e. The highest BCUT2D eigenvalue weighted by molar-refractivity contribution is 9.10. The van der Waals surface area contributed by atoms with E-state index in [0.717, 1.165) is 29.4 Å². The minimum absolute atomic E-state index is 0.0827. The quantitative estimate of drug-likeness (QED) is 0.865. The molecule has 0 spiro atoms. The maximum absolute atomic E-state index is 11.8. The molecule has 2 rings (SSSR count). The van der Waals surface area contributed by atoms with Crippen LogP contribution in [0, 0.1) is 0 Å². The summed E-state index contributed by atoms with van der Waals surface area (Å²) < 4.78 is 0.876. The molecule has 0 heterocycles. The van der Waals surface area contributed by atoms with Crippen LogP contribution in [0.25, 0.3) is 0 Å². The molecule has 1 aliphatic carbocycles. The zero-order valence-corrected chi connectivity index (χ0v) is 9.88. The van der Waals surface area contributed by atoms with Crippen LogP contribution in [-0.4, -0.2) is 11.4 Å². The van der Waals surface area contributed by atoms with Crippen molar-refractivity contribution in [3.8, 4) is 0 Å². The first-order chi connectivity index (χ1) is 7.12. The van der Waals surface area contributed by atoms with E-state index < -0.39 is 5.54 Å². The van der Waals surface area contributed by atoms with Crippen molar-refractivity contribution in [1.29, 1.82) is 0 Å². The molecule has 0 unspecified atom stereocenters. The molecular formula is C11H13BrN2O. The predicted molar refractivity (Wildman–Crippen MR) is 63.5 cm³/mol. The first kappa shape index (κ1) is 10.6. The molecule has 0 bridgehead atoms. The molecular weight excluding hydrogens is 256 g/mol. The Morgan fingerprint density at radius 1 is 1.40 bits per heavy atom. The lowest BCUT2D eigenvalue weighted by Crippen LogP contribution is -2.56. The number of rotatable bonds is 2. The number of carbonyl (C=O) groups is 1. The van der Waals surface area contributed by atoms with Gasteiger partial charge in [0.2, 0.25) is 5.91 Å². The first-order valence-electron chi connectivity index (χ1n) is 4.97. The lowest BCUT2D eigenvalue weighted by molar-refractivity contribution is -0.123. The van der Waals surface area contributed by atoms with Gasteiger partial charge in [-0.2, -0.15) is 0 Å². The molecule has 0 saturated heterocycles. The monoisotopic (exact) mass is 268 g/mol. The number of carbonyl (C=O) groups excluding carboxylic acids is 1. The topological polar surface area (TPSA) is 55.1 Å². The van der Waals surface area contributed by atoms with Gasteiger partial charge in [-0.05, 0) is 47.3 Å². The molecule has 0 atom stereocenters. The number of benzene rings is 1. The number of nitrogens with two attached hydrogens (primary N) is 1. The van der Waals surface area contributed by atoms with E-state index in [2.05, 4.69) is 21.2 Å². The van der Waals surface area contributed by atoms with Crippen LogP contribution in [0.2, 0.25) is 0 Å². The van der Waals surface area contributed by atoms with Crippen molar-refractivity contribution < 1.29 is 4.79 Å². The third kappa shape index (κ3) is 2.06. The number of anilines is 1. The molecule has 1 fully saturated rings. The second kappa shape index (κ2) is 3.94. The van der Waals surface area contributed by atoms with Gasteiger partial charge >= 0.3 is 0 Å². The molecule has 0 aromatic heterocycles. The summed E-state index contributed by atoms with van der Waals surface area (Å²) in [7, 11) is 0. The van der Waals surface area contributed by atoms with E-state index in [9.17, 15) is 4.79 Å². The third-order valence-corrected chi connectivity index (χ3v) is 3.51. The van der Waals surface area contributed by atoms with E-state index in [1.165, 1.54) is 0 Å². The highest BCUT2D eigenvalue weighted by atomic mass is 79.9. The molecule has 1 aromatic rings. The van der Waals surface area contributed by atoms with Crippen LogP contribution in [0.15, 0.2) is 28.7 Å². The van der Waals surface area contributed by atoms with Crippen molar-refractivity contribution in [2.45, 2.75) is 24.8 Å². The number of para-hydroxylation sites is 1. The highest BCUT2D eigenvalue weighted by Gasteiger charge is 2.40. The number of halogens is 1. The van der Waals surface area contributed by atoms with E-state index in [1.54, 1.807) is 0 Å². The van der Waals surface area contributed by atoms with Crippen LogP contribution >= 0.6 is 15.9 Å². The van der Waals surface area contributed by atoms with Crippen LogP contribution in [0.1, 0.15) is 19.3 Å². The number of hydrogen-bond donors (Lipinski definition) is 2. The smallest absolute Gasteiger partial charge is 0.244 e. The molecule has 4 heteroatoms. The summed E-state index contributed by atoms with van der Waals surface area (Å²) in [5.41, 5.74) is 6.05. The Hall–Kier alpha value is -0.870. The zero-order chi connectivity index (χ0) is 10.9. The predicted octanol–water partition coefficient (Wildman–Crippen LogP) is 2.27. The average Bonchev–Trinajstić information content (AvgIpc) is 2.18. The van der Waals surface area contributed by atoms with Crippen molar-refractivity contribution in [1.82, 2.24) is 0 Å². The van der Waals surface area contributed by atoms with Crippen molar-refractivity contribution in [3.05, 3.63) is 28.7 Å². The van der Waals surface area contributed by atoms with Gasteiger partial charge in [0.05, 0.1) is 11.2 Å². The van der Waals surface area contributed by atoms with Gasteiger partial charge in [-0.25, -0.2) is 0 Å². The van der Waals surface area contributed by atoms with Crippen molar-refractivity contribution in [2.24, 2.45) is 5.73 Å². The van der Waals surface area contributed by atoms with Crippen molar-refractivity contribution >= 4 is 27.5 Å². The molecule has 3 nitrogen and oxygen atoms in total. The summed E-state index contributed by atoms with van der Waals surface area (Å²) >= 11 is 3.38. The summed E-state index contributed by atoms with van der Waals surface area (Å²) in [6, 6.07) is 7.52. The van der Waals surface area contributed by atoms with E-state index >= 15 is 0 Å². The van der Waals surface area contributed by atoms with Gasteiger partial charge < -0.3 is 11.1 Å². The largest absolute Gasteiger partial charge is 0.323 e. The lowest BCUT2D eigenvalue weighted by atomic mass is 9.77. The normalized spacial score (nSPS) is 18.0. The fraction of sp³-hybridized carbons (Fsp3) is 0.364. The second-order valence-corrected chi connectivity index (χ2v) is 4.80. The van der Waals surface area contributed by atoms with Crippen LogP contribution in [0.3, 0.4) is 0 Å². The third-order valence-electron chi connectivity index (χ3n) is 2.82. The fourth-order valence-electron chi connectivity index (χ4n) is 1.59. The lowest BCUT2D eigenvalue weighted by Gasteiger charge is -2.36. The fourth-order valence-corrected chi connectivity index (χ4v) is 1.98. The minimum atomic E-state index is -0.644. The van der Waals surface area contributed by atoms with E-state index in [1.807, 2.05) is 24.3 Å². The molecule has 80 valence electrons. The molecule has 3 N–H and O–H groups in total. The molecule has 1 aromatic carbocycles. The summed E-state index contributed by atoms with van der Waals surface area (Å²) in [4.78, 5) is 11.8. The Balaban J connectivity index is 2.09. The molecule has 0 radical (unpaired) electrons. The van der Waals surface area contributed by atoms with Crippen molar-refractivity contribution in [3.63, 3.8) is 0 Å². The van der Waals surface area contributed by atoms with Crippen LogP contribution in [0.4, 0.5) is 5.69 Å². The van der Waals surface area contributed by atoms with E-state index in [4.69, 9.17) is 5.73 Å². The zero-order valence-electron chi connectivity index (χ0n) is 8.29. The molecule has 1 saturated carbocycles. The molecule has 1 amide bonds. The standard InChI is InChI=1S/C11H13BrN2O/c12-8-4-1-2-5-9(8)14-10(15)11(13)6-3-7-11/h1-2,4-5H,3,6-7,13H2,(H,14,15). The summed E-state index contributed by atoms with van der Waals surface area (Å²) in [5, 5.41) is 2.84. The average molecular weight is 269 g/mol. The maximum Gasteiger partial charge on any atom is 0.244 e. The van der Waals surface area contributed by atoms with Crippen molar-refractivity contribution in [2.75, 3.05) is 5.32 Å². The molecule has 15 heavy (non-hydrogen) atoms. The van der Waals surface area contributed by atoms with Gasteiger partial charge in [0.1, 0.15) is 0 Å². The second-order valence-electron chi connectivity index (χ2n) is 3.94. The van der Waals surface area contributed by atoms with Gasteiger partial charge in [-0.15, -0.1) is 0 Å². The maximum atomic E-state index is 11.8. The molecule has 1 aliphatic rings. The number of nitrogens with one attached hydrogen (secondary N) is 1. The Morgan fingerprint density at radius 3 is 2.60 bits per heavy atom. The molecule has 0 aliphatic heterocycles. The Labute approximate surface area is 97.2 Å². The number of hydrogen-bond acceptors (Lipinski definition) is 2. The van der Waals surface area contributed by atoms with Gasteiger partial charge in [-0.3, -0.25) is 4.79 Å². The summed E-state index contributed by atoms with van der Waals surface area (Å²) in [6.45, 7) is 0. The Morgan fingerprint density at radius 2 is 2.07 bits per heavy atom. The first-order valence-corrected chi connectivity index (χ1v) is 5.76. The van der Waals surface area contributed by atoms with Crippen LogP contribution in [0.5, 0.6) is 0 Å². The van der Waals surface area contributed by atoms with Gasteiger partial charge in [0.15, 0.2) is 0 Å². The Kier molecular flexibility index (Phi) is 2.80. The van der Waals surface area contributed by atoms with E-state index in [-0.39, 0.29) is 5.91 Å². The Bertz CT molecular complexity index is 388. The number of amides is 1. The summed E-state index contributed by atoms with van der Waals surface area (Å²) in [5.74, 6) is -0.0827. The summed E-state index contributed by atoms with van der Waals surface area (Å²) in [6.07, 6.45) is 2.60. The highest BCUT2D eigenvalue weighted by Crippen LogP contribution is 2.31. The van der Waals surface area contributed by atoms with Gasteiger partial charge in [0.25, 0.3) is 0 Å². The van der Waals surface area contributed by atoms with E-state index in [0.29, 0.717) is 0 Å². The van der Waals surface area contributed by atoms with Crippen LogP contribution < -0.4 is 11.1 Å². The van der Waals surface area contributed by atoms with Gasteiger partial charge in [0, 0.05) is 4.47 Å². The van der Waals surface area contributed by atoms with Gasteiger partial charge in [-0.1, -0.05) is 12.1 Å². The SMILES string of the molecule is NC1(C(=O)Nc2ccccc2Br)CCC1. The van der Waals surface area contributed by atoms with Crippen LogP contribution in [-0.2, 0) is 4.79 Å².